The van der Waals surface area contributed by atoms with Gasteiger partial charge in [-0.25, -0.2) is 4.99 Å². The van der Waals surface area contributed by atoms with E-state index in [1.807, 2.05) is 0 Å². The highest BCUT2D eigenvalue weighted by atomic mass is 35.5. The lowest BCUT2D eigenvalue weighted by molar-refractivity contribution is -0.137. The number of carbonyl (C=O) groups is 1. The van der Waals surface area contributed by atoms with Crippen LogP contribution in [0.2, 0.25) is 5.02 Å². The standard InChI is InChI=1S/C14H13ClF3N5O2/c1-7-21-22-13(25-7)20-12(24)8-4-5-9(14(16,17)18)11(10(8)15)19-6-23(2)3/h4-6H,1-3H3,(H,20,22,24). The number of alkyl halides is 3. The Morgan fingerprint density at radius 2 is 2.04 bits per heavy atom. The van der Waals surface area contributed by atoms with Crippen molar-refractivity contribution >= 4 is 35.5 Å². The van der Waals surface area contributed by atoms with Gasteiger partial charge in [0.25, 0.3) is 5.91 Å². The number of nitrogens with zero attached hydrogens (tertiary/aromatic N) is 4. The predicted octanol–water partition coefficient (Wildman–Crippen LogP) is 3.52. The second-order valence-corrected chi connectivity index (χ2v) is 5.49. The van der Waals surface area contributed by atoms with E-state index in [-0.39, 0.29) is 17.5 Å². The number of hydrogen-bond acceptors (Lipinski definition) is 5. The van der Waals surface area contributed by atoms with Gasteiger partial charge in [-0.15, -0.1) is 5.10 Å². The van der Waals surface area contributed by atoms with Crippen molar-refractivity contribution in [3.8, 4) is 0 Å². The lowest BCUT2D eigenvalue weighted by Gasteiger charge is -2.14. The second-order valence-electron chi connectivity index (χ2n) is 5.11. The van der Waals surface area contributed by atoms with E-state index < -0.39 is 28.4 Å². The Balaban J connectivity index is 2.45. The Labute approximate surface area is 145 Å². The molecule has 0 bridgehead atoms. The number of aryl methyl sites for hydroxylation is 1. The highest BCUT2D eigenvalue weighted by Crippen LogP contribution is 2.41. The van der Waals surface area contributed by atoms with Crippen LogP contribution in [0.4, 0.5) is 24.9 Å². The number of halogens is 4. The van der Waals surface area contributed by atoms with Gasteiger partial charge in [-0.3, -0.25) is 10.1 Å². The number of anilines is 1. The van der Waals surface area contributed by atoms with Gasteiger partial charge in [0.15, 0.2) is 0 Å². The molecule has 1 N–H and O–H groups in total. The zero-order valence-corrected chi connectivity index (χ0v) is 14.1. The number of hydrogen-bond donors (Lipinski definition) is 1. The largest absolute Gasteiger partial charge is 0.418 e. The summed E-state index contributed by atoms with van der Waals surface area (Å²) in [7, 11) is 3.16. The summed E-state index contributed by atoms with van der Waals surface area (Å²) in [5.74, 6) is -0.589. The van der Waals surface area contributed by atoms with Crippen LogP contribution in [0, 0.1) is 6.92 Å². The maximum absolute atomic E-state index is 13.2. The van der Waals surface area contributed by atoms with Crippen molar-refractivity contribution in [1.29, 1.82) is 0 Å². The van der Waals surface area contributed by atoms with E-state index in [0.717, 1.165) is 18.5 Å². The predicted molar refractivity (Wildman–Crippen MR) is 85.3 cm³/mol. The Morgan fingerprint density at radius 3 is 2.56 bits per heavy atom. The van der Waals surface area contributed by atoms with Crippen LogP contribution in [-0.2, 0) is 6.18 Å². The van der Waals surface area contributed by atoms with Crippen molar-refractivity contribution in [3.63, 3.8) is 0 Å². The van der Waals surface area contributed by atoms with Gasteiger partial charge in [-0.2, -0.15) is 13.2 Å². The summed E-state index contributed by atoms with van der Waals surface area (Å²) < 4.78 is 44.5. The molecule has 0 aliphatic rings. The van der Waals surface area contributed by atoms with Crippen molar-refractivity contribution in [3.05, 3.63) is 34.2 Å². The third-order valence-corrected chi connectivity index (χ3v) is 3.21. The summed E-state index contributed by atoms with van der Waals surface area (Å²) in [6, 6.07) is 1.50. The number of amides is 1. The third-order valence-electron chi connectivity index (χ3n) is 2.83. The minimum absolute atomic E-state index is 0.197. The molecule has 0 radical (unpaired) electrons. The Bertz CT molecular complexity index is 817. The van der Waals surface area contributed by atoms with Gasteiger partial charge in [0.2, 0.25) is 5.89 Å². The summed E-state index contributed by atoms with van der Waals surface area (Å²) in [5.41, 5.74) is -1.82. The molecule has 134 valence electrons. The SMILES string of the molecule is Cc1nnc(NC(=O)c2ccc(C(F)(F)F)c(N=CN(C)C)c2Cl)o1. The molecule has 25 heavy (non-hydrogen) atoms. The maximum atomic E-state index is 13.2. The molecular formula is C14H13ClF3N5O2. The maximum Gasteiger partial charge on any atom is 0.418 e. The van der Waals surface area contributed by atoms with E-state index >= 15 is 0 Å². The molecule has 2 aromatic rings. The molecule has 0 saturated heterocycles. The Hall–Kier alpha value is -2.62. The van der Waals surface area contributed by atoms with E-state index in [4.69, 9.17) is 16.0 Å². The number of rotatable bonds is 4. The molecule has 0 aliphatic carbocycles. The highest BCUT2D eigenvalue weighted by Gasteiger charge is 2.35. The topological polar surface area (TPSA) is 83.6 Å². The minimum Gasteiger partial charge on any atom is -0.408 e. The quantitative estimate of drug-likeness (QED) is 0.653. The average Bonchev–Trinajstić information content (AvgIpc) is 2.89. The molecule has 11 heteroatoms. The molecular weight excluding hydrogens is 363 g/mol. The van der Waals surface area contributed by atoms with Crippen LogP contribution >= 0.6 is 11.6 Å². The summed E-state index contributed by atoms with van der Waals surface area (Å²) in [4.78, 5) is 17.4. The summed E-state index contributed by atoms with van der Waals surface area (Å²) in [6.45, 7) is 1.52. The lowest BCUT2D eigenvalue weighted by atomic mass is 10.1. The summed E-state index contributed by atoms with van der Waals surface area (Å²) in [5, 5.41) is 8.92. The van der Waals surface area contributed by atoms with Gasteiger partial charge >= 0.3 is 12.2 Å². The number of benzene rings is 1. The first kappa shape index (κ1) is 18.7. The third kappa shape index (κ3) is 4.47. The Kier molecular flexibility index (Phi) is 5.31. The minimum atomic E-state index is -4.68. The molecule has 7 nitrogen and oxygen atoms in total. The average molecular weight is 376 g/mol. The van der Waals surface area contributed by atoms with Gasteiger partial charge in [-0.05, 0) is 12.1 Å². The zero-order valence-electron chi connectivity index (χ0n) is 13.3. The van der Waals surface area contributed by atoms with Gasteiger partial charge < -0.3 is 9.32 Å². The molecule has 0 aliphatic heterocycles. The van der Waals surface area contributed by atoms with E-state index in [0.29, 0.717) is 0 Å². The van der Waals surface area contributed by atoms with Crippen molar-refractivity contribution < 1.29 is 22.4 Å². The number of carbonyl (C=O) groups excluding carboxylic acids is 1. The van der Waals surface area contributed by atoms with E-state index in [9.17, 15) is 18.0 Å². The first-order valence-electron chi connectivity index (χ1n) is 6.81. The van der Waals surface area contributed by atoms with Crippen LogP contribution < -0.4 is 5.32 Å². The van der Waals surface area contributed by atoms with Gasteiger partial charge in [-0.1, -0.05) is 16.7 Å². The smallest absolute Gasteiger partial charge is 0.408 e. The highest BCUT2D eigenvalue weighted by molar-refractivity contribution is 6.37. The van der Waals surface area contributed by atoms with Crippen LogP contribution in [0.1, 0.15) is 21.8 Å². The molecule has 1 amide bonds. The van der Waals surface area contributed by atoms with Crippen molar-refractivity contribution in [2.24, 2.45) is 4.99 Å². The summed E-state index contributed by atoms with van der Waals surface area (Å²) in [6.07, 6.45) is -3.53. The van der Waals surface area contributed by atoms with E-state index in [1.165, 1.54) is 11.8 Å². The molecule has 0 fully saturated rings. The molecule has 2 rings (SSSR count). The monoisotopic (exact) mass is 375 g/mol. The molecule has 1 aromatic heterocycles. The number of nitrogens with one attached hydrogen (secondary N) is 1. The Morgan fingerprint density at radius 1 is 1.36 bits per heavy atom. The van der Waals surface area contributed by atoms with Gasteiger partial charge in [0.05, 0.1) is 28.2 Å². The van der Waals surface area contributed by atoms with E-state index in [2.05, 4.69) is 20.5 Å². The second kappa shape index (κ2) is 7.09. The van der Waals surface area contributed by atoms with Crippen molar-refractivity contribution in [1.82, 2.24) is 15.1 Å². The van der Waals surface area contributed by atoms with Crippen LogP contribution in [0.3, 0.4) is 0 Å². The van der Waals surface area contributed by atoms with Crippen LogP contribution in [0.15, 0.2) is 21.5 Å². The lowest BCUT2D eigenvalue weighted by Crippen LogP contribution is -2.15. The van der Waals surface area contributed by atoms with Crippen LogP contribution in [-0.4, -0.2) is 41.4 Å². The molecule has 1 heterocycles. The molecule has 1 aromatic carbocycles. The van der Waals surface area contributed by atoms with E-state index in [1.54, 1.807) is 14.1 Å². The zero-order chi connectivity index (χ0) is 18.8. The first-order chi connectivity index (χ1) is 11.6. The normalized spacial score (nSPS) is 11.8. The molecule has 0 spiro atoms. The number of aliphatic imine (C=N–C) groups is 1. The van der Waals surface area contributed by atoms with Crippen molar-refractivity contribution in [2.75, 3.05) is 19.4 Å². The molecule has 0 unspecified atom stereocenters. The first-order valence-corrected chi connectivity index (χ1v) is 7.19. The molecule has 0 saturated carbocycles. The fraction of sp³-hybridized carbons (Fsp3) is 0.286. The fourth-order valence-electron chi connectivity index (χ4n) is 1.78. The van der Waals surface area contributed by atoms with Gasteiger partial charge in [0, 0.05) is 21.0 Å². The van der Waals surface area contributed by atoms with Gasteiger partial charge in [0.1, 0.15) is 0 Å². The fourth-order valence-corrected chi connectivity index (χ4v) is 2.08. The number of aromatic nitrogens is 2. The summed E-state index contributed by atoms with van der Waals surface area (Å²) >= 11 is 6.01. The molecule has 0 atom stereocenters. The van der Waals surface area contributed by atoms with Crippen molar-refractivity contribution in [2.45, 2.75) is 13.1 Å². The van der Waals surface area contributed by atoms with Crippen LogP contribution in [0.5, 0.6) is 0 Å². The van der Waals surface area contributed by atoms with Crippen LogP contribution in [0.25, 0.3) is 0 Å².